The summed E-state index contributed by atoms with van der Waals surface area (Å²) in [7, 11) is 1.27. The minimum atomic E-state index is -1.17. The number of amides is 2. The van der Waals surface area contributed by atoms with Crippen molar-refractivity contribution < 1.29 is 38.0 Å². The first-order chi connectivity index (χ1) is 21.6. The molecule has 2 amide bonds. The van der Waals surface area contributed by atoms with Crippen molar-refractivity contribution in [1.82, 2.24) is 16.1 Å². The molecule has 238 valence electrons. The minimum absolute atomic E-state index is 0.0794. The highest BCUT2D eigenvalue weighted by Gasteiger charge is 2.32. The second kappa shape index (κ2) is 15.9. The van der Waals surface area contributed by atoms with Gasteiger partial charge in [-0.3, -0.25) is 5.43 Å². The molecule has 1 aliphatic heterocycles. The smallest absolute Gasteiger partial charge is 0.337 e. The summed E-state index contributed by atoms with van der Waals surface area (Å²) >= 11 is 5.62. The van der Waals surface area contributed by atoms with Gasteiger partial charge in [0.25, 0.3) is 0 Å². The van der Waals surface area contributed by atoms with E-state index in [0.717, 1.165) is 9.13 Å². The fourth-order valence-electron chi connectivity index (χ4n) is 4.38. The Morgan fingerprint density at radius 1 is 1.18 bits per heavy atom. The highest BCUT2D eigenvalue weighted by Crippen LogP contribution is 2.35. The van der Waals surface area contributed by atoms with Gasteiger partial charge in [-0.05, 0) is 93.8 Å². The first-order valence-corrected chi connectivity index (χ1v) is 15.6. The van der Waals surface area contributed by atoms with Gasteiger partial charge in [-0.15, -0.1) is 0 Å². The predicted molar refractivity (Wildman–Crippen MR) is 177 cm³/mol. The first kappa shape index (κ1) is 34.0. The van der Waals surface area contributed by atoms with E-state index in [0.29, 0.717) is 45.2 Å². The molecule has 0 bridgehead atoms. The number of halogens is 3. The number of urea groups is 1. The number of esters is 1. The van der Waals surface area contributed by atoms with Crippen LogP contribution in [-0.4, -0.2) is 49.9 Å². The molecule has 0 fully saturated rings. The van der Waals surface area contributed by atoms with E-state index in [1.165, 1.54) is 19.4 Å². The molecule has 3 aromatic carbocycles. The van der Waals surface area contributed by atoms with Crippen molar-refractivity contribution in [2.75, 3.05) is 20.3 Å². The molecule has 1 heterocycles. The molecule has 45 heavy (non-hydrogen) atoms. The topological polar surface area (TPSA) is 140 Å². The van der Waals surface area contributed by atoms with Gasteiger partial charge in [0.1, 0.15) is 24.8 Å². The first-order valence-electron chi connectivity index (χ1n) is 13.7. The number of hydrogen-bond acceptors (Lipinski definition) is 9. The molecule has 0 unspecified atom stereocenters. The van der Waals surface area contributed by atoms with Crippen molar-refractivity contribution in [2.24, 2.45) is 5.10 Å². The third-order valence-corrected chi connectivity index (χ3v) is 7.85. The molecular weight excluding hydrogens is 766 g/mol. The molecule has 0 radical (unpaired) electrons. The van der Waals surface area contributed by atoms with Gasteiger partial charge in [-0.25, -0.2) is 14.0 Å². The third kappa shape index (κ3) is 8.85. The van der Waals surface area contributed by atoms with E-state index in [4.69, 9.17) is 18.9 Å². The Kier molecular flexibility index (Phi) is 12.0. The second-order valence-electron chi connectivity index (χ2n) is 9.61. The van der Waals surface area contributed by atoms with Crippen molar-refractivity contribution in [1.29, 1.82) is 0 Å². The van der Waals surface area contributed by atoms with Gasteiger partial charge in [0.05, 0.1) is 39.6 Å². The van der Waals surface area contributed by atoms with Crippen molar-refractivity contribution >= 4 is 56.7 Å². The van der Waals surface area contributed by atoms with Crippen molar-refractivity contribution in [2.45, 2.75) is 32.7 Å². The van der Waals surface area contributed by atoms with Crippen LogP contribution < -0.4 is 30.3 Å². The van der Waals surface area contributed by atoms with E-state index in [9.17, 15) is 19.1 Å². The number of hydrogen-bond donors (Lipinski definition) is 4. The number of carbonyl (C=O) groups is 2. The maximum atomic E-state index is 13.9. The van der Waals surface area contributed by atoms with E-state index >= 15 is 0 Å². The van der Waals surface area contributed by atoms with Crippen LogP contribution >= 0.6 is 38.5 Å². The number of benzene rings is 3. The lowest BCUT2D eigenvalue weighted by Crippen LogP contribution is -2.45. The number of aliphatic hydroxyl groups excluding tert-OH is 1. The number of rotatable bonds is 13. The normalized spacial score (nSPS) is 15.3. The number of methoxy groups -OCH3 is 1. The Labute approximate surface area is 281 Å². The zero-order valence-electron chi connectivity index (χ0n) is 24.5. The van der Waals surface area contributed by atoms with Crippen molar-refractivity contribution in [3.8, 4) is 17.2 Å². The molecule has 11 nitrogen and oxygen atoms in total. The zero-order valence-corrected chi connectivity index (χ0v) is 28.3. The van der Waals surface area contributed by atoms with Gasteiger partial charge in [-0.1, -0.05) is 24.3 Å². The van der Waals surface area contributed by atoms with Gasteiger partial charge in [0, 0.05) is 11.3 Å². The van der Waals surface area contributed by atoms with Crippen LogP contribution in [0.5, 0.6) is 17.2 Å². The Bertz CT molecular complexity index is 1600. The predicted octanol–water partition coefficient (Wildman–Crippen LogP) is 5.29. The lowest BCUT2D eigenvalue weighted by atomic mass is 9.95. The summed E-state index contributed by atoms with van der Waals surface area (Å²) in [6.45, 7) is 3.66. The van der Waals surface area contributed by atoms with Crippen LogP contribution in [0, 0.1) is 9.39 Å². The largest absolute Gasteiger partial charge is 0.490 e. The molecule has 14 heteroatoms. The summed E-state index contributed by atoms with van der Waals surface area (Å²) in [5.41, 5.74) is 5.01. The van der Waals surface area contributed by atoms with Crippen molar-refractivity contribution in [3.63, 3.8) is 0 Å². The Balaban J connectivity index is 1.37. The molecule has 3 aromatic rings. The Morgan fingerprint density at radius 2 is 1.96 bits per heavy atom. The number of nitrogens with zero attached hydrogens (tertiary/aromatic N) is 1. The fraction of sp³-hybridized carbons (Fsp3) is 0.258. The summed E-state index contributed by atoms with van der Waals surface area (Å²) in [4.78, 5) is 24.6. The van der Waals surface area contributed by atoms with Crippen LogP contribution in [0.25, 0.3) is 0 Å². The number of nitrogens with one attached hydrogen (secondary N) is 3. The van der Waals surface area contributed by atoms with E-state index < -0.39 is 24.3 Å². The fourth-order valence-corrected chi connectivity index (χ4v) is 6.15. The molecule has 0 aliphatic carbocycles. The average Bonchev–Trinajstić information content (AvgIpc) is 3.00. The number of carbonyl (C=O) groups excluding carboxylic acids is 2. The summed E-state index contributed by atoms with van der Waals surface area (Å²) in [6, 6.07) is 13.8. The molecule has 4 rings (SSSR count). The Morgan fingerprint density at radius 3 is 2.67 bits per heavy atom. The SMILES string of the molecule is CCOc1cc([C@H]2NC(=O)NC(C)=C2C(=O)OC)ccc1OC[C@@H](O)N/N=C\c1cc(Br)c(OCc2ccccc2F)c(I)c1. The van der Waals surface area contributed by atoms with E-state index in [-0.39, 0.29) is 24.6 Å². The molecule has 0 aromatic heterocycles. The van der Waals surface area contributed by atoms with Gasteiger partial charge < -0.3 is 34.7 Å². The van der Waals surface area contributed by atoms with Gasteiger partial charge >= 0.3 is 12.0 Å². The highest BCUT2D eigenvalue weighted by molar-refractivity contribution is 14.1. The molecule has 1 aliphatic rings. The van der Waals surface area contributed by atoms with Crippen LogP contribution in [-0.2, 0) is 16.1 Å². The maximum absolute atomic E-state index is 13.9. The number of ether oxygens (including phenoxy) is 4. The zero-order chi connectivity index (χ0) is 32.5. The summed E-state index contributed by atoms with van der Waals surface area (Å²) < 4.78 is 37.7. The lowest BCUT2D eigenvalue weighted by molar-refractivity contribution is -0.136. The minimum Gasteiger partial charge on any atom is -0.490 e. The van der Waals surface area contributed by atoms with Crippen LogP contribution in [0.15, 0.2) is 75.4 Å². The molecule has 0 saturated heterocycles. The molecule has 0 saturated carbocycles. The van der Waals surface area contributed by atoms with E-state index in [1.54, 1.807) is 56.3 Å². The van der Waals surface area contributed by atoms with Crippen LogP contribution in [0.3, 0.4) is 0 Å². The van der Waals surface area contributed by atoms with Gasteiger partial charge in [0.2, 0.25) is 0 Å². The average molecular weight is 797 g/mol. The molecular formula is C31H31BrFIN4O7. The quantitative estimate of drug-likeness (QED) is 0.0602. The van der Waals surface area contributed by atoms with Gasteiger partial charge in [-0.2, -0.15) is 5.10 Å². The third-order valence-electron chi connectivity index (χ3n) is 6.46. The van der Waals surface area contributed by atoms with Crippen molar-refractivity contribution in [3.05, 3.63) is 96.4 Å². The van der Waals surface area contributed by atoms with Crippen LogP contribution in [0.1, 0.15) is 36.6 Å². The maximum Gasteiger partial charge on any atom is 0.337 e. The number of hydrazone groups is 1. The highest BCUT2D eigenvalue weighted by atomic mass is 127. The Hall–Kier alpha value is -3.89. The summed E-state index contributed by atoms with van der Waals surface area (Å²) in [5, 5.41) is 19.9. The van der Waals surface area contributed by atoms with Crippen LogP contribution in [0.2, 0.25) is 0 Å². The lowest BCUT2D eigenvalue weighted by Gasteiger charge is -2.28. The molecule has 0 spiro atoms. The number of allylic oxidation sites excluding steroid dienone is 1. The second-order valence-corrected chi connectivity index (χ2v) is 11.6. The van der Waals surface area contributed by atoms with E-state index in [1.807, 2.05) is 6.07 Å². The summed E-state index contributed by atoms with van der Waals surface area (Å²) in [5.74, 6) is 0.362. The van der Waals surface area contributed by atoms with Crippen LogP contribution in [0.4, 0.5) is 9.18 Å². The number of aliphatic hydroxyl groups is 1. The van der Waals surface area contributed by atoms with E-state index in [2.05, 4.69) is 59.7 Å². The van der Waals surface area contributed by atoms with Gasteiger partial charge in [0.15, 0.2) is 17.7 Å². The standard InChI is InChI=1S/C31H31BrFIN4O7/c1-4-43-25-13-19(28-27(30(40)42-3)17(2)36-31(41)37-28)9-10-24(25)44-16-26(39)38-35-14-18-11-21(32)29(23(34)12-18)45-15-20-7-5-6-8-22(20)33/h5-14,26,28,38-39H,4,15-16H2,1-3H3,(H2,36,37,41)/b35-14-/t26-,28-/m1/s1. The molecule has 2 atom stereocenters. The molecule has 4 N–H and O–H groups in total. The summed E-state index contributed by atoms with van der Waals surface area (Å²) in [6.07, 6.45) is 0.361. The monoisotopic (exact) mass is 796 g/mol.